The number of hydrogen-bond donors (Lipinski definition) is 3. The zero-order valence-electron chi connectivity index (χ0n) is 10.1. The summed E-state index contributed by atoms with van der Waals surface area (Å²) >= 11 is 5.91. The average molecular weight is 273 g/mol. The van der Waals surface area contributed by atoms with Crippen molar-refractivity contribution in [2.24, 2.45) is 0 Å². The number of amides is 1. The number of aliphatic hydroxyl groups is 1. The fourth-order valence-electron chi connectivity index (χ4n) is 1.44. The van der Waals surface area contributed by atoms with Crippen LogP contribution in [-0.2, 0) is 4.74 Å². The van der Waals surface area contributed by atoms with Gasteiger partial charge in [0.1, 0.15) is 0 Å². The van der Waals surface area contributed by atoms with Gasteiger partial charge in [0.05, 0.1) is 23.3 Å². The van der Waals surface area contributed by atoms with Gasteiger partial charge in [-0.2, -0.15) is 0 Å². The molecule has 0 aliphatic carbocycles. The summed E-state index contributed by atoms with van der Waals surface area (Å²) in [7, 11) is 1.51. The molecule has 0 saturated heterocycles. The van der Waals surface area contributed by atoms with Crippen LogP contribution in [0.25, 0.3) is 0 Å². The van der Waals surface area contributed by atoms with Gasteiger partial charge in [0.2, 0.25) is 0 Å². The van der Waals surface area contributed by atoms with E-state index in [-0.39, 0.29) is 12.5 Å². The van der Waals surface area contributed by atoms with Crippen molar-refractivity contribution in [1.29, 1.82) is 0 Å². The summed E-state index contributed by atoms with van der Waals surface area (Å²) in [6.07, 6.45) is -0.163. The van der Waals surface area contributed by atoms with Crippen LogP contribution in [0.4, 0.5) is 5.69 Å². The summed E-state index contributed by atoms with van der Waals surface area (Å²) in [4.78, 5) is 11.8. The molecule has 1 unspecified atom stereocenters. The van der Waals surface area contributed by atoms with Gasteiger partial charge in [-0.15, -0.1) is 0 Å². The molecule has 5 nitrogen and oxygen atoms in total. The minimum Gasteiger partial charge on any atom is -0.399 e. The van der Waals surface area contributed by atoms with Crippen LogP contribution >= 0.6 is 11.6 Å². The lowest BCUT2D eigenvalue weighted by Gasteiger charge is -2.10. The van der Waals surface area contributed by atoms with Crippen molar-refractivity contribution in [3.63, 3.8) is 0 Å². The second-order valence-electron chi connectivity index (χ2n) is 3.89. The minimum absolute atomic E-state index is 0.249. The van der Waals surface area contributed by atoms with Gasteiger partial charge in [-0.25, -0.2) is 0 Å². The van der Waals surface area contributed by atoms with Crippen LogP contribution in [0.3, 0.4) is 0 Å². The monoisotopic (exact) mass is 272 g/mol. The quantitative estimate of drug-likeness (QED) is 0.676. The molecule has 0 saturated carbocycles. The number of carbonyl (C=O) groups is 1. The van der Waals surface area contributed by atoms with Gasteiger partial charge in [0.25, 0.3) is 5.91 Å². The van der Waals surface area contributed by atoms with Gasteiger partial charge in [-0.3, -0.25) is 4.79 Å². The van der Waals surface area contributed by atoms with Crippen LogP contribution < -0.4 is 11.1 Å². The molecule has 0 aromatic heterocycles. The predicted molar refractivity (Wildman–Crippen MR) is 70.7 cm³/mol. The highest BCUT2D eigenvalue weighted by atomic mass is 35.5. The first-order valence-electron chi connectivity index (χ1n) is 5.54. The van der Waals surface area contributed by atoms with Crippen LogP contribution in [0.15, 0.2) is 18.2 Å². The Morgan fingerprint density at radius 3 is 2.94 bits per heavy atom. The maximum Gasteiger partial charge on any atom is 0.252 e. The van der Waals surface area contributed by atoms with Gasteiger partial charge < -0.3 is 20.9 Å². The Balaban J connectivity index is 2.45. The Morgan fingerprint density at radius 2 is 2.33 bits per heavy atom. The van der Waals surface area contributed by atoms with E-state index in [1.54, 1.807) is 12.1 Å². The summed E-state index contributed by atoms with van der Waals surface area (Å²) in [5, 5.41) is 12.4. The van der Waals surface area contributed by atoms with E-state index in [2.05, 4.69) is 5.32 Å². The number of carbonyl (C=O) groups excluding carboxylic acids is 1. The standard InChI is InChI=1S/C12H17ClN2O3/c1-18-7-9(16)4-5-15-12(17)10-3-2-8(14)6-11(10)13/h2-3,6,9,16H,4-5,7,14H2,1H3,(H,15,17). The minimum atomic E-state index is -0.586. The van der Waals surface area contributed by atoms with E-state index in [0.29, 0.717) is 29.2 Å². The lowest BCUT2D eigenvalue weighted by Crippen LogP contribution is -2.28. The average Bonchev–Trinajstić information content (AvgIpc) is 2.29. The highest BCUT2D eigenvalue weighted by Gasteiger charge is 2.10. The molecular weight excluding hydrogens is 256 g/mol. The Bertz CT molecular complexity index is 412. The normalized spacial score (nSPS) is 12.2. The molecule has 0 heterocycles. The molecule has 0 radical (unpaired) electrons. The summed E-state index contributed by atoms with van der Waals surface area (Å²) < 4.78 is 4.78. The Labute approximate surface area is 111 Å². The molecule has 1 rings (SSSR count). The van der Waals surface area contributed by atoms with Crippen LogP contribution in [0, 0.1) is 0 Å². The van der Waals surface area contributed by atoms with Crippen LogP contribution in [-0.4, -0.2) is 37.4 Å². The fraction of sp³-hybridized carbons (Fsp3) is 0.417. The molecule has 0 aliphatic rings. The van der Waals surface area contributed by atoms with Gasteiger partial charge in [0.15, 0.2) is 0 Å². The van der Waals surface area contributed by atoms with Crippen molar-refractivity contribution in [2.75, 3.05) is 26.0 Å². The number of ether oxygens (including phenoxy) is 1. The topological polar surface area (TPSA) is 84.6 Å². The molecule has 1 aromatic rings. The second kappa shape index (κ2) is 7.20. The van der Waals surface area contributed by atoms with E-state index in [1.807, 2.05) is 0 Å². The van der Waals surface area contributed by atoms with E-state index >= 15 is 0 Å². The SMILES string of the molecule is COCC(O)CCNC(=O)c1ccc(N)cc1Cl. The van der Waals surface area contributed by atoms with Crippen LogP contribution in [0.2, 0.25) is 5.02 Å². The van der Waals surface area contributed by atoms with Crippen molar-refractivity contribution in [1.82, 2.24) is 5.32 Å². The molecule has 1 amide bonds. The molecule has 100 valence electrons. The number of nitrogens with two attached hydrogens (primary N) is 1. The third-order valence-electron chi connectivity index (χ3n) is 2.36. The van der Waals surface area contributed by atoms with Gasteiger partial charge in [0, 0.05) is 19.3 Å². The first-order valence-corrected chi connectivity index (χ1v) is 5.92. The van der Waals surface area contributed by atoms with Gasteiger partial charge in [-0.05, 0) is 24.6 Å². The summed E-state index contributed by atoms with van der Waals surface area (Å²) in [5.74, 6) is -0.287. The predicted octanol–water partition coefficient (Wildman–Crippen LogP) is 1.05. The molecule has 1 aromatic carbocycles. The number of nitrogens with one attached hydrogen (secondary N) is 1. The Morgan fingerprint density at radius 1 is 1.61 bits per heavy atom. The maximum atomic E-state index is 11.8. The highest BCUT2D eigenvalue weighted by molar-refractivity contribution is 6.34. The largest absolute Gasteiger partial charge is 0.399 e. The molecule has 0 aliphatic heterocycles. The number of hydrogen-bond acceptors (Lipinski definition) is 4. The Kier molecular flexibility index (Phi) is 5.91. The van der Waals surface area contributed by atoms with Crippen molar-refractivity contribution in [3.05, 3.63) is 28.8 Å². The van der Waals surface area contributed by atoms with Crippen molar-refractivity contribution >= 4 is 23.2 Å². The third kappa shape index (κ3) is 4.52. The van der Waals surface area contributed by atoms with E-state index < -0.39 is 6.10 Å². The molecule has 18 heavy (non-hydrogen) atoms. The number of rotatable bonds is 6. The molecule has 6 heteroatoms. The molecule has 0 fully saturated rings. The number of methoxy groups -OCH3 is 1. The molecule has 0 bridgehead atoms. The van der Waals surface area contributed by atoms with Gasteiger partial charge >= 0.3 is 0 Å². The number of anilines is 1. The van der Waals surface area contributed by atoms with E-state index in [4.69, 9.17) is 22.1 Å². The fourth-order valence-corrected chi connectivity index (χ4v) is 1.71. The summed E-state index contributed by atoms with van der Waals surface area (Å²) in [6, 6.07) is 4.70. The zero-order valence-corrected chi connectivity index (χ0v) is 10.9. The smallest absolute Gasteiger partial charge is 0.252 e. The van der Waals surface area contributed by atoms with Crippen molar-refractivity contribution < 1.29 is 14.6 Å². The van der Waals surface area contributed by atoms with Gasteiger partial charge in [-0.1, -0.05) is 11.6 Å². The summed E-state index contributed by atoms with van der Waals surface area (Å²) in [6.45, 7) is 0.600. The van der Waals surface area contributed by atoms with Crippen LogP contribution in [0.1, 0.15) is 16.8 Å². The van der Waals surface area contributed by atoms with Crippen molar-refractivity contribution in [3.8, 4) is 0 Å². The van der Waals surface area contributed by atoms with Crippen LogP contribution in [0.5, 0.6) is 0 Å². The Hall–Kier alpha value is -1.30. The van der Waals surface area contributed by atoms with E-state index in [9.17, 15) is 9.90 Å². The lowest BCUT2D eigenvalue weighted by atomic mass is 10.2. The number of aliphatic hydroxyl groups excluding tert-OH is 1. The zero-order chi connectivity index (χ0) is 13.5. The first-order chi connectivity index (χ1) is 8.54. The third-order valence-corrected chi connectivity index (χ3v) is 2.67. The highest BCUT2D eigenvalue weighted by Crippen LogP contribution is 2.18. The van der Waals surface area contributed by atoms with E-state index in [1.165, 1.54) is 13.2 Å². The van der Waals surface area contributed by atoms with Crippen molar-refractivity contribution in [2.45, 2.75) is 12.5 Å². The molecule has 0 spiro atoms. The first kappa shape index (κ1) is 14.8. The number of benzene rings is 1. The van der Waals surface area contributed by atoms with E-state index in [0.717, 1.165) is 0 Å². The second-order valence-corrected chi connectivity index (χ2v) is 4.30. The lowest BCUT2D eigenvalue weighted by molar-refractivity contribution is 0.0587. The molecule has 1 atom stereocenters. The molecule has 4 N–H and O–H groups in total. The maximum absolute atomic E-state index is 11.8. The molecular formula is C12H17ClN2O3. The number of nitrogen functional groups attached to an aromatic ring is 1. The number of halogens is 1. The summed E-state index contributed by atoms with van der Waals surface area (Å²) in [5.41, 5.74) is 6.41.